The fourth-order valence-corrected chi connectivity index (χ4v) is 2.04. The molecule has 3 N–H and O–H groups in total. The fraction of sp³-hybridized carbons (Fsp3) is 0.278. The first-order valence-corrected chi connectivity index (χ1v) is 7.52. The Labute approximate surface area is 148 Å². The Hall–Kier alpha value is -2.08. The Morgan fingerprint density at radius 1 is 1.08 bits per heavy atom. The fourth-order valence-electron chi connectivity index (χ4n) is 2.04. The summed E-state index contributed by atoms with van der Waals surface area (Å²) < 4.78 is 10.8. The smallest absolute Gasteiger partial charge is 0.222 e. The molecule has 0 fully saturated rings. The largest absolute Gasteiger partial charge is 0.457 e. The summed E-state index contributed by atoms with van der Waals surface area (Å²) in [4.78, 5) is 11.8. The van der Waals surface area contributed by atoms with E-state index in [4.69, 9.17) is 15.2 Å². The lowest BCUT2D eigenvalue weighted by atomic mass is 10.2. The van der Waals surface area contributed by atoms with Crippen molar-refractivity contribution in [3.8, 4) is 11.5 Å². The maximum Gasteiger partial charge on any atom is 0.222 e. The van der Waals surface area contributed by atoms with Gasteiger partial charge in [0.25, 0.3) is 0 Å². The standard InChI is InChI=1S/C18H22N2O3.ClH/c1-22-17(12-19)11-18(21)20-13-14-7-9-16(10-8-14)23-15-5-3-2-4-6-15;/h2-10,17H,11-13,19H2,1H3,(H,20,21);1H. The molecule has 1 amide bonds. The third-order valence-electron chi connectivity index (χ3n) is 3.40. The summed E-state index contributed by atoms with van der Waals surface area (Å²) in [6, 6.07) is 17.2. The summed E-state index contributed by atoms with van der Waals surface area (Å²) in [5, 5.41) is 2.85. The highest BCUT2D eigenvalue weighted by molar-refractivity contribution is 5.85. The van der Waals surface area contributed by atoms with Crippen molar-refractivity contribution in [2.45, 2.75) is 19.1 Å². The van der Waals surface area contributed by atoms with Crippen molar-refractivity contribution in [1.29, 1.82) is 0 Å². The molecule has 6 heteroatoms. The molecule has 1 unspecified atom stereocenters. The van der Waals surface area contributed by atoms with Crippen LogP contribution >= 0.6 is 12.4 Å². The van der Waals surface area contributed by atoms with Crippen LogP contribution in [0, 0.1) is 0 Å². The van der Waals surface area contributed by atoms with E-state index in [0.29, 0.717) is 13.1 Å². The van der Waals surface area contributed by atoms with Crippen LogP contribution in [0.25, 0.3) is 0 Å². The van der Waals surface area contributed by atoms with Crippen molar-refractivity contribution < 1.29 is 14.3 Å². The summed E-state index contributed by atoms with van der Waals surface area (Å²) in [6.07, 6.45) is 0.0269. The van der Waals surface area contributed by atoms with E-state index >= 15 is 0 Å². The van der Waals surface area contributed by atoms with Gasteiger partial charge in [-0.15, -0.1) is 12.4 Å². The average molecular weight is 351 g/mol. The molecule has 24 heavy (non-hydrogen) atoms. The van der Waals surface area contributed by atoms with Crippen LogP contribution in [-0.2, 0) is 16.1 Å². The Bertz CT molecular complexity index is 601. The van der Waals surface area contributed by atoms with E-state index in [1.807, 2.05) is 54.6 Å². The van der Waals surface area contributed by atoms with Gasteiger partial charge in [0.2, 0.25) is 5.91 Å². The Balaban J connectivity index is 0.00000288. The molecule has 1 atom stereocenters. The maximum absolute atomic E-state index is 11.8. The molecule has 0 aromatic heterocycles. The monoisotopic (exact) mass is 350 g/mol. The lowest BCUT2D eigenvalue weighted by Crippen LogP contribution is -2.31. The highest BCUT2D eigenvalue weighted by Crippen LogP contribution is 2.21. The zero-order valence-electron chi connectivity index (χ0n) is 13.6. The first kappa shape index (κ1) is 20.0. The van der Waals surface area contributed by atoms with Gasteiger partial charge in [-0.1, -0.05) is 30.3 Å². The zero-order valence-corrected chi connectivity index (χ0v) is 14.4. The van der Waals surface area contributed by atoms with Gasteiger partial charge in [-0.05, 0) is 29.8 Å². The number of halogens is 1. The van der Waals surface area contributed by atoms with Crippen molar-refractivity contribution in [1.82, 2.24) is 5.32 Å². The predicted octanol–water partition coefficient (Wildman–Crippen LogP) is 2.88. The van der Waals surface area contributed by atoms with Crippen LogP contribution in [-0.4, -0.2) is 25.7 Å². The number of hydrogen-bond donors (Lipinski definition) is 2. The molecule has 0 aliphatic rings. The van der Waals surface area contributed by atoms with Gasteiger partial charge in [0, 0.05) is 20.2 Å². The number of para-hydroxylation sites is 1. The van der Waals surface area contributed by atoms with E-state index in [0.717, 1.165) is 17.1 Å². The van der Waals surface area contributed by atoms with Gasteiger partial charge < -0.3 is 20.5 Å². The molecule has 2 aromatic carbocycles. The van der Waals surface area contributed by atoms with E-state index in [-0.39, 0.29) is 30.8 Å². The highest BCUT2D eigenvalue weighted by atomic mass is 35.5. The first-order chi connectivity index (χ1) is 11.2. The normalized spacial score (nSPS) is 11.2. The number of rotatable bonds is 8. The SMILES string of the molecule is COC(CN)CC(=O)NCc1ccc(Oc2ccccc2)cc1.Cl. The average Bonchev–Trinajstić information content (AvgIpc) is 2.60. The molecule has 0 aliphatic heterocycles. The third kappa shape index (κ3) is 6.58. The van der Waals surface area contributed by atoms with Crippen LogP contribution in [0.15, 0.2) is 54.6 Å². The number of methoxy groups -OCH3 is 1. The van der Waals surface area contributed by atoms with Crippen LogP contribution in [0.2, 0.25) is 0 Å². The van der Waals surface area contributed by atoms with E-state index in [9.17, 15) is 4.79 Å². The maximum atomic E-state index is 11.8. The molecule has 0 radical (unpaired) electrons. The Morgan fingerprint density at radius 3 is 2.29 bits per heavy atom. The molecule has 5 nitrogen and oxygen atoms in total. The van der Waals surface area contributed by atoms with Crippen LogP contribution in [0.3, 0.4) is 0 Å². The summed E-state index contributed by atoms with van der Waals surface area (Å²) >= 11 is 0. The minimum atomic E-state index is -0.239. The van der Waals surface area contributed by atoms with E-state index < -0.39 is 0 Å². The van der Waals surface area contributed by atoms with Crippen molar-refractivity contribution in [3.05, 3.63) is 60.2 Å². The van der Waals surface area contributed by atoms with Crippen LogP contribution in [0.5, 0.6) is 11.5 Å². The molecule has 2 aromatic rings. The van der Waals surface area contributed by atoms with Crippen LogP contribution < -0.4 is 15.8 Å². The number of carbonyl (C=O) groups is 1. The van der Waals surface area contributed by atoms with E-state index in [1.54, 1.807) is 7.11 Å². The highest BCUT2D eigenvalue weighted by Gasteiger charge is 2.10. The number of nitrogens with two attached hydrogens (primary N) is 1. The lowest BCUT2D eigenvalue weighted by Gasteiger charge is -2.12. The van der Waals surface area contributed by atoms with Gasteiger partial charge in [-0.3, -0.25) is 4.79 Å². The number of nitrogens with one attached hydrogen (secondary N) is 1. The Morgan fingerprint density at radius 2 is 1.71 bits per heavy atom. The van der Waals surface area contributed by atoms with Crippen molar-refractivity contribution >= 4 is 18.3 Å². The molecule has 0 aliphatic carbocycles. The second-order valence-electron chi connectivity index (χ2n) is 5.13. The first-order valence-electron chi connectivity index (χ1n) is 7.52. The molecular weight excluding hydrogens is 328 g/mol. The van der Waals surface area contributed by atoms with Crippen molar-refractivity contribution in [2.75, 3.05) is 13.7 Å². The summed E-state index contributed by atoms with van der Waals surface area (Å²) in [5.74, 6) is 1.47. The molecule has 2 rings (SSSR count). The summed E-state index contributed by atoms with van der Waals surface area (Å²) in [5.41, 5.74) is 6.50. The predicted molar refractivity (Wildman–Crippen MR) is 96.5 cm³/mol. The summed E-state index contributed by atoms with van der Waals surface area (Å²) in [7, 11) is 1.55. The molecule has 0 saturated heterocycles. The lowest BCUT2D eigenvalue weighted by molar-refractivity contribution is -0.123. The third-order valence-corrected chi connectivity index (χ3v) is 3.40. The second-order valence-corrected chi connectivity index (χ2v) is 5.13. The minimum absolute atomic E-state index is 0. The molecule has 0 saturated carbocycles. The van der Waals surface area contributed by atoms with Crippen LogP contribution in [0.1, 0.15) is 12.0 Å². The van der Waals surface area contributed by atoms with Gasteiger partial charge in [-0.25, -0.2) is 0 Å². The van der Waals surface area contributed by atoms with Crippen LogP contribution in [0.4, 0.5) is 0 Å². The van der Waals surface area contributed by atoms with Gasteiger partial charge in [-0.2, -0.15) is 0 Å². The molecular formula is C18H23ClN2O3. The molecule has 0 spiro atoms. The molecule has 130 valence electrons. The second kappa shape index (κ2) is 10.6. The summed E-state index contributed by atoms with van der Waals surface area (Å²) in [6.45, 7) is 0.793. The van der Waals surface area contributed by atoms with Gasteiger partial charge in [0.15, 0.2) is 0 Å². The van der Waals surface area contributed by atoms with E-state index in [2.05, 4.69) is 5.32 Å². The Kier molecular flexibility index (Phi) is 8.86. The van der Waals surface area contributed by atoms with E-state index in [1.165, 1.54) is 0 Å². The van der Waals surface area contributed by atoms with Crippen molar-refractivity contribution in [3.63, 3.8) is 0 Å². The minimum Gasteiger partial charge on any atom is -0.457 e. The number of ether oxygens (including phenoxy) is 2. The van der Waals surface area contributed by atoms with Crippen molar-refractivity contribution in [2.24, 2.45) is 5.73 Å². The number of carbonyl (C=O) groups excluding carboxylic acids is 1. The van der Waals surface area contributed by atoms with Gasteiger partial charge in [0.1, 0.15) is 11.5 Å². The quantitative estimate of drug-likeness (QED) is 0.767. The van der Waals surface area contributed by atoms with Gasteiger partial charge >= 0.3 is 0 Å². The zero-order chi connectivity index (χ0) is 16.5. The number of benzene rings is 2. The van der Waals surface area contributed by atoms with Gasteiger partial charge in [0.05, 0.1) is 12.5 Å². The molecule has 0 heterocycles. The number of amides is 1. The molecule has 0 bridgehead atoms. The number of hydrogen-bond acceptors (Lipinski definition) is 4. The topological polar surface area (TPSA) is 73.6 Å².